The van der Waals surface area contributed by atoms with Gasteiger partial charge in [-0.1, -0.05) is 23.7 Å². The van der Waals surface area contributed by atoms with Gasteiger partial charge in [-0.25, -0.2) is 13.4 Å². The normalized spacial score (nSPS) is 12.6. The smallest absolute Gasteiger partial charge is 0.493 e. The van der Waals surface area contributed by atoms with E-state index in [1.54, 1.807) is 0 Å². The van der Waals surface area contributed by atoms with Crippen molar-refractivity contribution in [2.75, 3.05) is 7.11 Å². The van der Waals surface area contributed by atoms with E-state index in [1.165, 1.54) is 31.4 Å². The van der Waals surface area contributed by atoms with Crippen molar-refractivity contribution < 1.29 is 49.0 Å². The Morgan fingerprint density at radius 2 is 1.74 bits per heavy atom. The Bertz CT molecular complexity index is 1520. The fourth-order valence-electron chi connectivity index (χ4n) is 2.93. The van der Waals surface area contributed by atoms with E-state index >= 15 is 0 Å². The van der Waals surface area contributed by atoms with Gasteiger partial charge in [0.1, 0.15) is 21.7 Å². The average molecular weight is 579 g/mol. The molecular weight excluding hydrogens is 566 g/mol. The summed E-state index contributed by atoms with van der Waals surface area (Å²) in [4.78, 5) is 2.20. The molecule has 200 valence electrons. The lowest BCUT2D eigenvalue weighted by Crippen LogP contribution is -2.17. The second kappa shape index (κ2) is 10.8. The van der Waals surface area contributed by atoms with Crippen LogP contribution in [0.2, 0.25) is 5.02 Å². The first-order valence-corrected chi connectivity index (χ1v) is 11.8. The Hall–Kier alpha value is -3.96. The molecule has 7 nitrogen and oxygen atoms in total. The Labute approximate surface area is 216 Å². The van der Waals surface area contributed by atoms with Gasteiger partial charge in [-0.3, -0.25) is 0 Å². The van der Waals surface area contributed by atoms with Gasteiger partial charge in [0.2, 0.25) is 15.7 Å². The summed E-state index contributed by atoms with van der Waals surface area (Å²) in [6.45, 7) is 0. The number of rotatable bonds is 7. The summed E-state index contributed by atoms with van der Waals surface area (Å²) < 4.78 is 116. The maximum atomic E-state index is 13.0. The summed E-state index contributed by atoms with van der Waals surface area (Å²) in [5.74, 6) is -1.40. The van der Waals surface area contributed by atoms with Crippen molar-refractivity contribution in [3.8, 4) is 29.2 Å². The summed E-state index contributed by atoms with van der Waals surface area (Å²) >= 11 is 5.90. The molecule has 0 spiro atoms. The lowest BCUT2D eigenvalue weighted by Gasteiger charge is -2.14. The minimum atomic E-state index is -4.99. The molecule has 0 aliphatic rings. The van der Waals surface area contributed by atoms with Crippen LogP contribution in [-0.2, 0) is 16.0 Å². The van der Waals surface area contributed by atoms with Crippen LogP contribution in [0.3, 0.4) is 0 Å². The topological polar surface area (TPSA) is 98.5 Å². The molecule has 0 fully saturated rings. The lowest BCUT2D eigenvalue weighted by molar-refractivity contribution is -0.274. The maximum absolute atomic E-state index is 13.0. The van der Waals surface area contributed by atoms with Crippen molar-refractivity contribution in [3.05, 3.63) is 75.8 Å². The fourth-order valence-corrected chi connectivity index (χ4v) is 4.28. The Morgan fingerprint density at radius 1 is 1.08 bits per heavy atom. The number of hydrogen-bond acceptors (Lipinski definition) is 7. The van der Waals surface area contributed by atoms with Gasteiger partial charge >= 0.3 is 12.5 Å². The van der Waals surface area contributed by atoms with Crippen LogP contribution >= 0.6 is 11.6 Å². The minimum absolute atomic E-state index is 0.0140. The summed E-state index contributed by atoms with van der Waals surface area (Å²) in [6.07, 6.45) is -8.36. The van der Waals surface area contributed by atoms with Gasteiger partial charge in [0.25, 0.3) is 0 Å². The van der Waals surface area contributed by atoms with Gasteiger partial charge in [0.05, 0.1) is 17.6 Å². The van der Waals surface area contributed by atoms with Crippen LogP contribution in [-0.4, -0.2) is 26.9 Å². The van der Waals surface area contributed by atoms with Crippen LogP contribution < -0.4 is 14.2 Å². The number of ether oxygens (including phenoxy) is 3. The number of hydrogen-bond donors (Lipinski definition) is 0. The van der Waals surface area contributed by atoms with E-state index in [2.05, 4.69) is 9.72 Å². The Balaban J connectivity index is 2.04. The number of aromatic nitrogens is 1. The van der Waals surface area contributed by atoms with Crippen LogP contribution in [0, 0.1) is 11.3 Å². The zero-order chi connectivity index (χ0) is 28.3. The first kappa shape index (κ1) is 28.6. The molecule has 38 heavy (non-hydrogen) atoms. The highest BCUT2D eigenvalue weighted by atomic mass is 35.5. The van der Waals surface area contributed by atoms with Gasteiger partial charge in [-0.15, -0.1) is 13.2 Å². The zero-order valence-corrected chi connectivity index (χ0v) is 20.3. The number of halogens is 7. The molecule has 0 aliphatic carbocycles. The predicted octanol–water partition coefficient (Wildman–Crippen LogP) is 6.79. The van der Waals surface area contributed by atoms with Crippen LogP contribution in [0.5, 0.6) is 23.1 Å². The van der Waals surface area contributed by atoms with E-state index in [-0.39, 0.29) is 17.1 Å². The van der Waals surface area contributed by atoms with Crippen LogP contribution in [0.15, 0.2) is 64.5 Å². The summed E-state index contributed by atoms with van der Waals surface area (Å²) in [5.41, 5.74) is -1.21. The Kier molecular flexibility index (Phi) is 8.13. The average Bonchev–Trinajstić information content (AvgIpc) is 2.82. The molecular formula is C23H13ClF6N2O5S. The van der Waals surface area contributed by atoms with E-state index in [1.807, 2.05) is 0 Å². The third-order valence-corrected chi connectivity index (χ3v) is 6.57. The third-order valence-electron chi connectivity index (χ3n) is 4.62. The van der Waals surface area contributed by atoms with Crippen molar-refractivity contribution >= 4 is 27.5 Å². The van der Waals surface area contributed by atoms with Gasteiger partial charge in [-0.2, -0.15) is 18.4 Å². The van der Waals surface area contributed by atoms with Crippen LogP contribution in [0.25, 0.3) is 6.08 Å². The summed E-state index contributed by atoms with van der Waals surface area (Å²) in [5, 5.41) is 9.05. The van der Waals surface area contributed by atoms with Crippen LogP contribution in [0.1, 0.15) is 11.1 Å². The first-order chi connectivity index (χ1) is 17.7. The number of sulfone groups is 1. The number of nitriles is 1. The molecule has 15 heteroatoms. The van der Waals surface area contributed by atoms with E-state index in [0.717, 1.165) is 30.3 Å². The number of alkyl halides is 6. The zero-order valence-electron chi connectivity index (χ0n) is 18.8. The lowest BCUT2D eigenvalue weighted by atomic mass is 10.1. The molecule has 3 aromatic rings. The SMILES string of the molecule is COc1cccc(C=C(C#N)S(=O)(=O)c2ccc(OC(F)(F)F)cc2)c1Oc1ncc(C(F)(F)F)cc1Cl. The van der Waals surface area contributed by atoms with Crippen LogP contribution in [0.4, 0.5) is 26.3 Å². The van der Waals surface area contributed by atoms with Gasteiger partial charge in [0, 0.05) is 11.8 Å². The molecule has 0 saturated heterocycles. The Morgan fingerprint density at radius 3 is 2.26 bits per heavy atom. The summed E-state index contributed by atoms with van der Waals surface area (Å²) in [6, 6.07) is 9.32. The number of methoxy groups -OCH3 is 1. The van der Waals surface area contributed by atoms with E-state index in [0.29, 0.717) is 12.3 Å². The van der Waals surface area contributed by atoms with Gasteiger partial charge in [0.15, 0.2) is 11.5 Å². The molecule has 0 saturated carbocycles. The molecule has 1 heterocycles. The number of allylic oxidation sites excluding steroid dienone is 1. The first-order valence-electron chi connectivity index (χ1n) is 9.96. The van der Waals surface area contributed by atoms with Crippen molar-refractivity contribution in [2.45, 2.75) is 17.4 Å². The number of benzene rings is 2. The molecule has 0 N–H and O–H groups in total. The molecule has 0 radical (unpaired) electrons. The van der Waals surface area contributed by atoms with Crippen molar-refractivity contribution in [1.82, 2.24) is 4.98 Å². The molecule has 0 atom stereocenters. The molecule has 0 aliphatic heterocycles. The molecule has 3 rings (SSSR count). The highest BCUT2D eigenvalue weighted by Crippen LogP contribution is 2.40. The number of pyridine rings is 1. The molecule has 0 amide bonds. The molecule has 1 aromatic heterocycles. The standard InChI is InChI=1S/C23H13ClF6N2O5S/c1-35-19-4-2-3-13(20(19)36-21-18(24)10-14(12-32-21)22(25,26)27)9-17(11-31)38(33,34)16-7-5-15(6-8-16)37-23(28,29)30/h2-10,12H,1H3. The van der Waals surface area contributed by atoms with Gasteiger partial charge < -0.3 is 14.2 Å². The van der Waals surface area contributed by atoms with Crippen molar-refractivity contribution in [3.63, 3.8) is 0 Å². The number of nitrogens with zero attached hydrogens (tertiary/aromatic N) is 2. The highest BCUT2D eigenvalue weighted by molar-refractivity contribution is 7.95. The van der Waals surface area contributed by atoms with Crippen molar-refractivity contribution in [1.29, 1.82) is 5.26 Å². The molecule has 2 aromatic carbocycles. The predicted molar refractivity (Wildman–Crippen MR) is 121 cm³/mol. The third kappa shape index (κ3) is 6.67. The van der Waals surface area contributed by atoms with Gasteiger partial charge in [-0.05, 0) is 42.5 Å². The van der Waals surface area contributed by atoms with E-state index in [9.17, 15) is 40.0 Å². The summed E-state index contributed by atoms with van der Waals surface area (Å²) in [7, 11) is -3.32. The van der Waals surface area contributed by atoms with E-state index < -0.39 is 54.4 Å². The molecule has 0 bridgehead atoms. The molecule has 0 unspecified atom stereocenters. The maximum Gasteiger partial charge on any atom is 0.573 e. The number of para-hydroxylation sites is 1. The fraction of sp³-hybridized carbons (Fsp3) is 0.130. The van der Waals surface area contributed by atoms with Crippen molar-refractivity contribution in [2.24, 2.45) is 0 Å². The highest BCUT2D eigenvalue weighted by Gasteiger charge is 2.33. The largest absolute Gasteiger partial charge is 0.573 e. The second-order valence-corrected chi connectivity index (χ2v) is 9.46. The second-order valence-electron chi connectivity index (χ2n) is 7.13. The van der Waals surface area contributed by atoms with E-state index in [4.69, 9.17) is 21.1 Å². The minimum Gasteiger partial charge on any atom is -0.493 e. The quantitative estimate of drug-likeness (QED) is 0.225. The monoisotopic (exact) mass is 578 g/mol.